The van der Waals surface area contributed by atoms with Crippen molar-refractivity contribution < 1.29 is 18.5 Å². The highest BCUT2D eigenvalue weighted by Crippen LogP contribution is 2.21. The van der Waals surface area contributed by atoms with Gasteiger partial charge in [0.15, 0.2) is 10.9 Å². The van der Waals surface area contributed by atoms with E-state index in [-0.39, 0.29) is 24.2 Å². The minimum atomic E-state index is -0.226. The van der Waals surface area contributed by atoms with Gasteiger partial charge in [-0.3, -0.25) is 9.59 Å². The maximum atomic E-state index is 12.6. The molecule has 10 heteroatoms. The van der Waals surface area contributed by atoms with Crippen LogP contribution in [0.2, 0.25) is 0 Å². The van der Waals surface area contributed by atoms with E-state index < -0.39 is 0 Å². The van der Waals surface area contributed by atoms with E-state index in [4.69, 9.17) is 8.94 Å². The highest BCUT2D eigenvalue weighted by Gasteiger charge is 2.29. The number of amides is 2. The summed E-state index contributed by atoms with van der Waals surface area (Å²) in [6, 6.07) is 3.48. The molecule has 0 bridgehead atoms. The Kier molecular flexibility index (Phi) is 5.47. The fraction of sp³-hybridized carbons (Fsp3) is 0.389. The first-order valence-corrected chi connectivity index (χ1v) is 9.91. The van der Waals surface area contributed by atoms with Crippen LogP contribution < -0.4 is 5.32 Å². The number of carbonyl (C=O) groups is 2. The van der Waals surface area contributed by atoms with Gasteiger partial charge >= 0.3 is 0 Å². The lowest BCUT2D eigenvalue weighted by atomic mass is 9.97. The third-order valence-corrected chi connectivity index (χ3v) is 5.26. The molecule has 0 radical (unpaired) electrons. The van der Waals surface area contributed by atoms with Gasteiger partial charge in [0, 0.05) is 37.5 Å². The topological polar surface area (TPSA) is 114 Å². The van der Waals surface area contributed by atoms with Gasteiger partial charge in [0.05, 0.1) is 12.2 Å². The number of thiazole rings is 1. The summed E-state index contributed by atoms with van der Waals surface area (Å²) in [6.07, 6.45) is 5.33. The Morgan fingerprint density at radius 1 is 1.39 bits per heavy atom. The Balaban J connectivity index is 1.29. The maximum Gasteiger partial charge on any atom is 0.238 e. The molecule has 0 aromatic carbocycles. The van der Waals surface area contributed by atoms with Crippen LogP contribution in [0, 0.1) is 5.92 Å². The van der Waals surface area contributed by atoms with Crippen LogP contribution in [0.1, 0.15) is 25.2 Å². The second kappa shape index (κ2) is 8.34. The molecule has 28 heavy (non-hydrogen) atoms. The Morgan fingerprint density at radius 3 is 3.11 bits per heavy atom. The SMILES string of the molecule is O=C(Nc1nccs1)C1CCCN(C(=O)CCc2nc(-c3ccco3)no2)C1. The largest absolute Gasteiger partial charge is 0.461 e. The van der Waals surface area contributed by atoms with Gasteiger partial charge in [-0.2, -0.15) is 4.98 Å². The molecular formula is C18H19N5O4S. The van der Waals surface area contributed by atoms with Crippen LogP contribution in [0.15, 0.2) is 38.9 Å². The molecule has 1 fully saturated rings. The van der Waals surface area contributed by atoms with Crippen molar-refractivity contribution in [2.24, 2.45) is 5.92 Å². The molecule has 0 spiro atoms. The van der Waals surface area contributed by atoms with Gasteiger partial charge in [-0.05, 0) is 25.0 Å². The summed E-state index contributed by atoms with van der Waals surface area (Å²) in [7, 11) is 0. The molecular weight excluding hydrogens is 382 g/mol. The van der Waals surface area contributed by atoms with E-state index in [1.165, 1.54) is 17.6 Å². The molecule has 4 heterocycles. The van der Waals surface area contributed by atoms with Crippen molar-refractivity contribution in [3.63, 3.8) is 0 Å². The predicted molar refractivity (Wildman–Crippen MR) is 100 cm³/mol. The van der Waals surface area contributed by atoms with Crippen molar-refractivity contribution >= 4 is 28.3 Å². The Morgan fingerprint density at radius 2 is 2.32 bits per heavy atom. The number of carbonyl (C=O) groups excluding carboxylic acids is 2. The highest BCUT2D eigenvalue weighted by atomic mass is 32.1. The summed E-state index contributed by atoms with van der Waals surface area (Å²) in [5.41, 5.74) is 0. The van der Waals surface area contributed by atoms with E-state index in [0.29, 0.717) is 42.1 Å². The quantitative estimate of drug-likeness (QED) is 0.675. The monoisotopic (exact) mass is 401 g/mol. The van der Waals surface area contributed by atoms with Gasteiger partial charge < -0.3 is 19.2 Å². The van der Waals surface area contributed by atoms with Gasteiger partial charge in [-0.1, -0.05) is 5.16 Å². The molecule has 1 aliphatic heterocycles. The van der Waals surface area contributed by atoms with Crippen LogP contribution in [0.25, 0.3) is 11.6 Å². The number of rotatable bonds is 6. The lowest BCUT2D eigenvalue weighted by Crippen LogP contribution is -2.43. The van der Waals surface area contributed by atoms with E-state index in [0.717, 1.165) is 12.8 Å². The van der Waals surface area contributed by atoms with Crippen molar-refractivity contribution in [1.82, 2.24) is 20.0 Å². The first kappa shape index (κ1) is 18.4. The van der Waals surface area contributed by atoms with E-state index >= 15 is 0 Å². The van der Waals surface area contributed by atoms with Gasteiger partial charge in [0.2, 0.25) is 23.5 Å². The first-order valence-electron chi connectivity index (χ1n) is 9.03. The summed E-state index contributed by atoms with van der Waals surface area (Å²) in [5.74, 6) is 0.929. The molecule has 1 aliphatic rings. The molecule has 4 rings (SSSR count). The molecule has 146 valence electrons. The number of nitrogens with zero attached hydrogens (tertiary/aromatic N) is 4. The number of nitrogens with one attached hydrogen (secondary N) is 1. The van der Waals surface area contributed by atoms with Crippen LogP contribution in [-0.4, -0.2) is 44.9 Å². The number of anilines is 1. The lowest BCUT2D eigenvalue weighted by molar-refractivity contribution is -0.134. The zero-order valence-electron chi connectivity index (χ0n) is 15.0. The van der Waals surface area contributed by atoms with Crippen LogP contribution >= 0.6 is 11.3 Å². The first-order chi connectivity index (χ1) is 13.7. The van der Waals surface area contributed by atoms with Gasteiger partial charge in [-0.25, -0.2) is 4.98 Å². The van der Waals surface area contributed by atoms with Crippen LogP contribution in [0.3, 0.4) is 0 Å². The van der Waals surface area contributed by atoms with Crippen LogP contribution in [-0.2, 0) is 16.0 Å². The zero-order chi connectivity index (χ0) is 19.3. The van der Waals surface area contributed by atoms with E-state index in [1.807, 2.05) is 0 Å². The third-order valence-electron chi connectivity index (χ3n) is 4.57. The molecule has 0 saturated carbocycles. The Hall–Kier alpha value is -3.01. The minimum Gasteiger partial charge on any atom is -0.461 e. The van der Waals surface area contributed by atoms with Crippen molar-refractivity contribution in [2.75, 3.05) is 18.4 Å². The molecule has 3 aromatic rings. The van der Waals surface area contributed by atoms with Crippen molar-refractivity contribution in [1.29, 1.82) is 0 Å². The normalized spacial score (nSPS) is 16.9. The zero-order valence-corrected chi connectivity index (χ0v) is 15.9. The average Bonchev–Trinajstić information content (AvgIpc) is 3.48. The summed E-state index contributed by atoms with van der Waals surface area (Å²) in [4.78, 5) is 35.0. The van der Waals surface area contributed by atoms with E-state index in [2.05, 4.69) is 20.4 Å². The maximum absolute atomic E-state index is 12.6. The molecule has 3 aromatic heterocycles. The summed E-state index contributed by atoms with van der Waals surface area (Å²) in [6.45, 7) is 1.07. The molecule has 9 nitrogen and oxygen atoms in total. The molecule has 1 atom stereocenters. The number of piperidine rings is 1. The summed E-state index contributed by atoms with van der Waals surface area (Å²) in [5, 5.41) is 9.06. The third kappa shape index (κ3) is 4.28. The molecule has 1 N–H and O–H groups in total. The van der Waals surface area contributed by atoms with Crippen molar-refractivity contribution in [3.05, 3.63) is 35.9 Å². The van der Waals surface area contributed by atoms with Crippen LogP contribution in [0.5, 0.6) is 0 Å². The number of aromatic nitrogens is 3. The fourth-order valence-corrected chi connectivity index (χ4v) is 3.68. The number of likely N-dealkylation sites (tertiary alicyclic amines) is 1. The fourth-order valence-electron chi connectivity index (χ4n) is 3.14. The number of hydrogen-bond donors (Lipinski definition) is 1. The number of aryl methyl sites for hydroxylation is 1. The smallest absolute Gasteiger partial charge is 0.238 e. The standard InChI is InChI=1S/C18H19N5O4S/c24-15(6-5-14-20-16(22-27-14)13-4-2-9-26-13)23-8-1-3-12(11-23)17(25)21-18-19-7-10-28-18/h2,4,7,9-10,12H,1,3,5-6,8,11H2,(H,19,21,25). The molecule has 2 amide bonds. The summed E-state index contributed by atoms with van der Waals surface area (Å²) < 4.78 is 10.4. The number of hydrogen-bond acceptors (Lipinski definition) is 8. The summed E-state index contributed by atoms with van der Waals surface area (Å²) >= 11 is 1.38. The Bertz CT molecular complexity index is 922. The second-order valence-electron chi connectivity index (χ2n) is 6.49. The van der Waals surface area contributed by atoms with Crippen molar-refractivity contribution in [3.8, 4) is 11.6 Å². The van der Waals surface area contributed by atoms with E-state index in [9.17, 15) is 9.59 Å². The van der Waals surface area contributed by atoms with Crippen LogP contribution in [0.4, 0.5) is 5.13 Å². The second-order valence-corrected chi connectivity index (χ2v) is 7.39. The highest BCUT2D eigenvalue weighted by molar-refractivity contribution is 7.13. The molecule has 1 unspecified atom stereocenters. The van der Waals surface area contributed by atoms with E-state index in [1.54, 1.807) is 28.6 Å². The number of furan rings is 1. The molecule has 1 saturated heterocycles. The van der Waals surface area contributed by atoms with Gasteiger partial charge in [0.1, 0.15) is 0 Å². The van der Waals surface area contributed by atoms with Gasteiger partial charge in [-0.15, -0.1) is 11.3 Å². The van der Waals surface area contributed by atoms with Crippen molar-refractivity contribution in [2.45, 2.75) is 25.7 Å². The lowest BCUT2D eigenvalue weighted by Gasteiger charge is -2.31. The molecule has 0 aliphatic carbocycles. The predicted octanol–water partition coefficient (Wildman–Crippen LogP) is 2.60. The average molecular weight is 401 g/mol. The Labute approximate surface area is 164 Å². The van der Waals surface area contributed by atoms with Gasteiger partial charge in [0.25, 0.3) is 0 Å². The minimum absolute atomic E-state index is 0.0236.